The van der Waals surface area contributed by atoms with Crippen molar-refractivity contribution < 1.29 is 37.1 Å². The van der Waals surface area contributed by atoms with Crippen LogP contribution in [0.4, 0.5) is 24.5 Å². The molecule has 3 amide bonds. The van der Waals surface area contributed by atoms with Crippen LogP contribution in [0.5, 0.6) is 0 Å². The van der Waals surface area contributed by atoms with Gasteiger partial charge in [0.25, 0.3) is 5.91 Å². The summed E-state index contributed by atoms with van der Waals surface area (Å²) in [5.41, 5.74) is 3.01. The first-order chi connectivity index (χ1) is 21.5. The molecule has 1 saturated heterocycles. The molecule has 226 valence electrons. The molecule has 1 aliphatic heterocycles. The van der Waals surface area contributed by atoms with Crippen LogP contribution in [0.1, 0.15) is 50.0 Å². The first-order valence-electron chi connectivity index (χ1n) is 14.0. The van der Waals surface area contributed by atoms with Crippen LogP contribution in [0.2, 0.25) is 5.02 Å². The van der Waals surface area contributed by atoms with Crippen molar-refractivity contribution in [3.05, 3.63) is 129 Å². The summed E-state index contributed by atoms with van der Waals surface area (Å²) in [6, 6.07) is 24.0. The molecule has 0 radical (unpaired) electrons. The Balaban J connectivity index is 1.10. The number of nitrogens with zero attached hydrogens (tertiary/aromatic N) is 1. The lowest BCUT2D eigenvalue weighted by Gasteiger charge is -2.45. The molecule has 0 saturated carbocycles. The maximum atomic E-state index is 14.0. The number of rotatable bonds is 5. The number of halogens is 4. The molecule has 0 unspecified atom stereocenters. The highest BCUT2D eigenvalue weighted by atomic mass is 35.5. The molecule has 4 aromatic rings. The highest BCUT2D eigenvalue weighted by Gasteiger charge is 2.61. The summed E-state index contributed by atoms with van der Waals surface area (Å²) in [5.74, 6) is -4.33. The Morgan fingerprint density at radius 2 is 1.33 bits per heavy atom. The summed E-state index contributed by atoms with van der Waals surface area (Å²) in [5, 5.41) is 2.08. The van der Waals surface area contributed by atoms with Gasteiger partial charge in [0.05, 0.1) is 39.4 Å². The lowest BCUT2D eigenvalue weighted by molar-refractivity contribution is -0.137. The highest BCUT2D eigenvalue weighted by Crippen LogP contribution is 2.61. The van der Waals surface area contributed by atoms with Crippen molar-refractivity contribution in [3.8, 4) is 0 Å². The van der Waals surface area contributed by atoms with E-state index < -0.39 is 42.1 Å². The van der Waals surface area contributed by atoms with Gasteiger partial charge in [-0.1, -0.05) is 66.2 Å². The number of alkyl halides is 3. The second-order valence-electron chi connectivity index (χ2n) is 11.1. The van der Waals surface area contributed by atoms with Gasteiger partial charge >= 0.3 is 12.1 Å². The van der Waals surface area contributed by atoms with E-state index in [4.69, 9.17) is 16.3 Å². The fourth-order valence-corrected chi connectivity index (χ4v) is 7.07. The fraction of sp³-hybridized carbons (Fsp3) is 0.176. The number of benzene rings is 4. The average Bonchev–Trinajstić information content (AvgIpc) is 3.30. The molecule has 1 N–H and O–H groups in total. The van der Waals surface area contributed by atoms with Crippen molar-refractivity contribution in [2.75, 3.05) is 16.8 Å². The van der Waals surface area contributed by atoms with Gasteiger partial charge in [-0.3, -0.25) is 14.4 Å². The van der Waals surface area contributed by atoms with Crippen molar-refractivity contribution in [2.45, 2.75) is 18.0 Å². The summed E-state index contributed by atoms with van der Waals surface area (Å²) < 4.78 is 44.2. The molecule has 7 nitrogen and oxygen atoms in total. The largest absolute Gasteiger partial charge is 0.452 e. The van der Waals surface area contributed by atoms with Gasteiger partial charge in [0.2, 0.25) is 11.8 Å². The summed E-state index contributed by atoms with van der Waals surface area (Å²) in [7, 11) is 0. The van der Waals surface area contributed by atoms with Gasteiger partial charge in [0.15, 0.2) is 6.61 Å². The number of nitrogens with one attached hydrogen (secondary N) is 1. The molecule has 1 heterocycles. The van der Waals surface area contributed by atoms with Crippen molar-refractivity contribution in [2.24, 2.45) is 11.8 Å². The smallest absolute Gasteiger partial charge is 0.416 e. The van der Waals surface area contributed by atoms with E-state index in [1.807, 2.05) is 48.5 Å². The van der Waals surface area contributed by atoms with Crippen LogP contribution in [0.15, 0.2) is 91.0 Å². The number of imide groups is 1. The van der Waals surface area contributed by atoms with E-state index in [0.717, 1.165) is 39.3 Å². The van der Waals surface area contributed by atoms with E-state index >= 15 is 0 Å². The first-order valence-corrected chi connectivity index (χ1v) is 14.4. The SMILES string of the molecule is O=C(COC(=O)c1cccc(N2C(=O)[C@@H]3C4c5ccccc5C(c5ccccc54)[C@@H]3C2=O)c1)Nc1cc(C(F)(F)F)ccc1Cl. The van der Waals surface area contributed by atoms with Gasteiger partial charge in [0.1, 0.15) is 0 Å². The molecule has 45 heavy (non-hydrogen) atoms. The molecule has 0 spiro atoms. The van der Waals surface area contributed by atoms with E-state index in [9.17, 15) is 32.3 Å². The number of hydrogen-bond acceptors (Lipinski definition) is 5. The van der Waals surface area contributed by atoms with Gasteiger partial charge in [-0.25, -0.2) is 9.69 Å². The third kappa shape index (κ3) is 4.67. The number of amides is 3. The van der Waals surface area contributed by atoms with Crippen LogP contribution < -0.4 is 10.2 Å². The molecule has 0 aromatic heterocycles. The van der Waals surface area contributed by atoms with E-state index in [1.165, 1.54) is 18.2 Å². The van der Waals surface area contributed by atoms with Gasteiger partial charge in [0, 0.05) is 11.8 Å². The maximum absolute atomic E-state index is 14.0. The zero-order chi connectivity index (χ0) is 31.6. The van der Waals surface area contributed by atoms with Crippen LogP contribution in [0, 0.1) is 11.8 Å². The van der Waals surface area contributed by atoms with Crippen molar-refractivity contribution in [1.29, 1.82) is 0 Å². The van der Waals surface area contributed by atoms with E-state index in [1.54, 1.807) is 6.07 Å². The molecule has 2 bridgehead atoms. The van der Waals surface area contributed by atoms with Crippen molar-refractivity contribution in [3.63, 3.8) is 0 Å². The molecule has 4 aliphatic rings. The van der Waals surface area contributed by atoms with Gasteiger partial charge < -0.3 is 10.1 Å². The van der Waals surface area contributed by atoms with Crippen LogP contribution in [-0.4, -0.2) is 30.3 Å². The van der Waals surface area contributed by atoms with Crippen molar-refractivity contribution in [1.82, 2.24) is 0 Å². The van der Waals surface area contributed by atoms with Crippen LogP contribution in [0.3, 0.4) is 0 Å². The Labute approximate surface area is 259 Å². The molecule has 4 aromatic carbocycles. The summed E-state index contributed by atoms with van der Waals surface area (Å²) in [4.78, 5) is 54.4. The lowest BCUT2D eigenvalue weighted by Crippen LogP contribution is -2.41. The highest BCUT2D eigenvalue weighted by molar-refractivity contribution is 6.33. The molecule has 2 atom stereocenters. The minimum Gasteiger partial charge on any atom is -0.452 e. The van der Waals surface area contributed by atoms with E-state index in [-0.39, 0.29) is 45.6 Å². The Morgan fingerprint density at radius 1 is 0.778 bits per heavy atom. The quantitative estimate of drug-likeness (QED) is 0.199. The minimum atomic E-state index is -4.65. The summed E-state index contributed by atoms with van der Waals surface area (Å²) >= 11 is 5.92. The number of hydrogen-bond donors (Lipinski definition) is 1. The number of carbonyl (C=O) groups is 4. The molecule has 11 heteroatoms. The van der Waals surface area contributed by atoms with Gasteiger partial charge in [-0.15, -0.1) is 0 Å². The third-order valence-corrected chi connectivity index (χ3v) is 9.02. The van der Waals surface area contributed by atoms with Crippen LogP contribution in [-0.2, 0) is 25.3 Å². The second kappa shape index (κ2) is 10.6. The predicted octanol–water partition coefficient (Wildman–Crippen LogP) is 6.55. The zero-order valence-corrected chi connectivity index (χ0v) is 23.9. The number of ether oxygens (including phenoxy) is 1. The monoisotopic (exact) mass is 630 g/mol. The minimum absolute atomic E-state index is 0.0255. The normalized spacial score (nSPS) is 21.2. The zero-order valence-electron chi connectivity index (χ0n) is 23.2. The van der Waals surface area contributed by atoms with Gasteiger partial charge in [-0.2, -0.15) is 13.2 Å². The topological polar surface area (TPSA) is 92.8 Å². The van der Waals surface area contributed by atoms with E-state index in [2.05, 4.69) is 5.32 Å². The average molecular weight is 631 g/mol. The summed E-state index contributed by atoms with van der Waals surface area (Å²) in [6.45, 7) is -0.818. The third-order valence-electron chi connectivity index (χ3n) is 8.69. The fourth-order valence-electron chi connectivity index (χ4n) is 6.90. The maximum Gasteiger partial charge on any atom is 0.416 e. The van der Waals surface area contributed by atoms with Crippen LogP contribution in [0.25, 0.3) is 0 Å². The molecule has 3 aliphatic carbocycles. The Kier molecular flexibility index (Phi) is 6.77. The number of anilines is 2. The molecule has 1 fully saturated rings. The Bertz CT molecular complexity index is 1810. The standard InChI is InChI=1S/C34H22ClF3N2O5/c35-24-13-12-18(34(36,37)38)15-25(24)39-26(41)16-45-33(44)17-6-5-7-19(14-17)40-31(42)29-27-20-8-1-2-9-21(20)28(30(29)32(40)43)23-11-4-3-10-22(23)27/h1-15,27-30H,16H2,(H,39,41)/t27?,28?,29-,30+. The first kappa shape index (κ1) is 28.8. The summed E-state index contributed by atoms with van der Waals surface area (Å²) in [6.07, 6.45) is -4.65. The predicted molar refractivity (Wildman–Crippen MR) is 158 cm³/mol. The number of esters is 1. The second-order valence-corrected chi connectivity index (χ2v) is 11.6. The molecule has 8 rings (SSSR count). The van der Waals surface area contributed by atoms with Crippen LogP contribution >= 0.6 is 11.6 Å². The molecular formula is C34H22ClF3N2O5. The van der Waals surface area contributed by atoms with E-state index in [0.29, 0.717) is 6.07 Å². The van der Waals surface area contributed by atoms with Gasteiger partial charge in [-0.05, 0) is 58.7 Å². The van der Waals surface area contributed by atoms with Crippen molar-refractivity contribution >= 4 is 46.7 Å². The Morgan fingerprint density at radius 3 is 1.87 bits per heavy atom. The lowest BCUT2D eigenvalue weighted by atomic mass is 9.55. The number of carbonyl (C=O) groups excluding carboxylic acids is 4. The molecular weight excluding hydrogens is 609 g/mol. The Hall–Kier alpha value is -4.96.